The molecule has 1 fully saturated rings. The molecule has 30 heavy (non-hydrogen) atoms. The van der Waals surface area contributed by atoms with E-state index in [1.807, 2.05) is 0 Å². The summed E-state index contributed by atoms with van der Waals surface area (Å²) in [6.45, 7) is 0.608. The third-order valence-electron chi connectivity index (χ3n) is 4.99. The van der Waals surface area contributed by atoms with Gasteiger partial charge in [0.25, 0.3) is 0 Å². The first kappa shape index (κ1) is 19.3. The Morgan fingerprint density at radius 2 is 1.93 bits per heavy atom. The molecular weight excluding hydrogens is 397 g/mol. The number of nitrogens with one attached hydrogen (secondary N) is 1. The number of aliphatic carboxylic acids is 2. The number of unbranched alkanes of at least 4 members (excludes halogenated alkanes) is 1. The monoisotopic (exact) mass is 432 g/mol. The van der Waals surface area contributed by atoms with E-state index < -0.39 is 66.2 Å². The van der Waals surface area contributed by atoms with Gasteiger partial charge in [-0.05, 0) is 50.6 Å². The third kappa shape index (κ3) is 8.00. The van der Waals surface area contributed by atoms with Crippen molar-refractivity contribution in [2.24, 2.45) is 5.73 Å². The van der Waals surface area contributed by atoms with Crippen molar-refractivity contribution in [3.63, 3.8) is 0 Å². The normalized spacial score (nSPS) is 20.1. The van der Waals surface area contributed by atoms with Crippen LogP contribution >= 0.6 is 0 Å². The molecule has 8 nitrogen and oxygen atoms in total. The summed E-state index contributed by atoms with van der Waals surface area (Å²) in [5.41, 5.74) is 5.51. The first-order valence-electron chi connectivity index (χ1n) is 12.3. The van der Waals surface area contributed by atoms with Gasteiger partial charge in [0.05, 0.1) is 24.9 Å². The van der Waals surface area contributed by atoms with E-state index in [1.54, 1.807) is 0 Å². The van der Waals surface area contributed by atoms with Crippen LogP contribution in [0, 0.1) is 0 Å². The molecule has 0 spiro atoms. The number of benzene rings is 1. The van der Waals surface area contributed by atoms with Crippen molar-refractivity contribution in [1.29, 1.82) is 0 Å². The molecule has 160 valence electrons. The Morgan fingerprint density at radius 3 is 2.53 bits per heavy atom. The molecular formula is C21H30N3NaO5. The van der Waals surface area contributed by atoms with E-state index in [9.17, 15) is 24.6 Å². The van der Waals surface area contributed by atoms with Crippen molar-refractivity contribution in [2.45, 2.75) is 63.1 Å². The smallest absolute Gasteiger partial charge is 0.548 e. The molecule has 1 amide bonds. The maximum atomic E-state index is 13.1. The van der Waals surface area contributed by atoms with Gasteiger partial charge in [0.15, 0.2) is 0 Å². The van der Waals surface area contributed by atoms with Gasteiger partial charge in [-0.2, -0.15) is 0 Å². The molecule has 0 aromatic heterocycles. The van der Waals surface area contributed by atoms with Gasteiger partial charge in [-0.25, -0.2) is 0 Å². The van der Waals surface area contributed by atoms with Crippen molar-refractivity contribution in [2.75, 3.05) is 13.1 Å². The molecule has 2 rings (SSSR count). The first-order valence-corrected chi connectivity index (χ1v) is 9.77. The van der Waals surface area contributed by atoms with Crippen LogP contribution in [0.1, 0.15) is 50.9 Å². The maximum absolute atomic E-state index is 13.1. The average Bonchev–Trinajstić information content (AvgIpc) is 3.29. The standard InChI is InChI=1S/C21H31N3O5.Na/c22-13-5-4-9-16(19(25)24-14-6-10-18(24)21(28)29)23-17(20(26)27)12-11-15-7-2-1-3-8-15;/h1-3,7-8,16-18,23H,4-6,9-14,22H2,(H,26,27)(H,28,29);/q;+1/p-1/t16-,17-,18-;/m0./s1/i1D,2D,3D,7D,8D;. The Balaban J connectivity index is 0.00000612. The van der Waals surface area contributed by atoms with Crippen molar-refractivity contribution in [3.05, 3.63) is 35.8 Å². The fourth-order valence-electron chi connectivity index (χ4n) is 3.46. The first-order chi connectivity index (χ1) is 16.0. The average molecular weight is 433 g/mol. The van der Waals surface area contributed by atoms with Gasteiger partial charge in [-0.15, -0.1) is 0 Å². The molecule has 1 aromatic rings. The van der Waals surface area contributed by atoms with Crippen LogP contribution in [0.3, 0.4) is 0 Å². The fraction of sp³-hybridized carbons (Fsp3) is 0.571. The number of carboxylic acid groups (broad SMARTS) is 2. The summed E-state index contributed by atoms with van der Waals surface area (Å²) in [7, 11) is 0. The molecule has 1 aliphatic rings. The number of carbonyl (C=O) groups is 3. The number of rotatable bonds is 12. The van der Waals surface area contributed by atoms with Crippen LogP contribution in [0.5, 0.6) is 0 Å². The Hall–Kier alpha value is -1.45. The van der Waals surface area contributed by atoms with Gasteiger partial charge in [0.2, 0.25) is 5.91 Å². The number of amides is 1. The van der Waals surface area contributed by atoms with Crippen molar-refractivity contribution >= 4 is 17.8 Å². The Labute approximate surface area is 206 Å². The van der Waals surface area contributed by atoms with Crippen LogP contribution in [0.25, 0.3) is 0 Å². The van der Waals surface area contributed by atoms with Crippen LogP contribution in [0.4, 0.5) is 0 Å². The molecule has 1 saturated heterocycles. The molecule has 0 saturated carbocycles. The topological polar surface area (TPSA) is 136 Å². The molecule has 3 atom stereocenters. The summed E-state index contributed by atoms with van der Waals surface area (Å²) in [4.78, 5) is 37.7. The van der Waals surface area contributed by atoms with Crippen LogP contribution in [0.15, 0.2) is 30.2 Å². The van der Waals surface area contributed by atoms with E-state index in [0.29, 0.717) is 25.8 Å². The molecule has 9 heteroatoms. The number of likely N-dealkylation sites (tertiary alicyclic amines) is 1. The van der Waals surface area contributed by atoms with E-state index in [0.717, 1.165) is 0 Å². The van der Waals surface area contributed by atoms with Gasteiger partial charge >= 0.3 is 35.5 Å². The SMILES string of the molecule is [2H]c1c([2H])c([2H])c(CC[C@H](N[C@@H](CCCCN)C(=O)N2CCC[C@H]2C(=O)[O-])C(=O)O)c([2H])c1[2H].[Na+]. The summed E-state index contributed by atoms with van der Waals surface area (Å²) in [5.74, 6) is -3.16. The van der Waals surface area contributed by atoms with Gasteiger partial charge < -0.3 is 25.6 Å². The van der Waals surface area contributed by atoms with Crippen LogP contribution in [-0.4, -0.2) is 59.1 Å². The zero-order chi connectivity index (χ0) is 25.6. The summed E-state index contributed by atoms with van der Waals surface area (Å²) in [6, 6.07) is -5.67. The minimum absolute atomic E-state index is 0. The molecule has 0 bridgehead atoms. The predicted octanol–water partition coefficient (Wildman–Crippen LogP) is -3.10. The minimum atomic E-state index is -1.36. The third-order valence-corrected chi connectivity index (χ3v) is 4.99. The maximum Gasteiger partial charge on any atom is 1.00 e. The van der Waals surface area contributed by atoms with Gasteiger partial charge in [0.1, 0.15) is 6.04 Å². The molecule has 0 aliphatic carbocycles. The molecule has 0 radical (unpaired) electrons. The van der Waals surface area contributed by atoms with E-state index in [2.05, 4.69) is 5.32 Å². The molecule has 4 N–H and O–H groups in total. The zero-order valence-electron chi connectivity index (χ0n) is 22.2. The summed E-state index contributed by atoms with van der Waals surface area (Å²) < 4.78 is 39.2. The number of carboxylic acids is 2. The van der Waals surface area contributed by atoms with Crippen molar-refractivity contribution in [1.82, 2.24) is 10.2 Å². The van der Waals surface area contributed by atoms with Gasteiger partial charge in [0, 0.05) is 6.54 Å². The largest absolute Gasteiger partial charge is 1.00 e. The van der Waals surface area contributed by atoms with E-state index in [1.165, 1.54) is 4.90 Å². The summed E-state index contributed by atoms with van der Waals surface area (Å²) in [6.07, 6.45) is 1.83. The summed E-state index contributed by atoms with van der Waals surface area (Å²) in [5, 5.41) is 24.0. The Bertz CT molecular complexity index is 910. The van der Waals surface area contributed by atoms with Crippen molar-refractivity contribution < 1.29 is 61.0 Å². The number of nitrogens with two attached hydrogens (primary N) is 1. The zero-order valence-corrected chi connectivity index (χ0v) is 19.2. The molecule has 1 aliphatic heterocycles. The second kappa shape index (κ2) is 13.8. The number of carbonyl (C=O) groups excluding carboxylic acids is 2. The second-order valence-corrected chi connectivity index (χ2v) is 7.05. The van der Waals surface area contributed by atoms with E-state index >= 15 is 0 Å². The summed E-state index contributed by atoms with van der Waals surface area (Å²) >= 11 is 0. The Kier molecular flexibility index (Phi) is 8.84. The van der Waals surface area contributed by atoms with Gasteiger partial charge in [-0.1, -0.05) is 36.6 Å². The molecule has 0 unspecified atom stereocenters. The van der Waals surface area contributed by atoms with Crippen LogP contribution in [0.2, 0.25) is 0 Å². The van der Waals surface area contributed by atoms with E-state index in [-0.39, 0.29) is 67.3 Å². The van der Waals surface area contributed by atoms with Gasteiger partial charge in [-0.3, -0.25) is 14.9 Å². The molecule has 1 heterocycles. The van der Waals surface area contributed by atoms with Crippen molar-refractivity contribution in [3.8, 4) is 0 Å². The van der Waals surface area contributed by atoms with Crippen LogP contribution < -0.4 is 45.7 Å². The van der Waals surface area contributed by atoms with Crippen LogP contribution in [-0.2, 0) is 20.8 Å². The number of nitrogens with zero attached hydrogens (tertiary/aromatic N) is 1. The molecule has 1 aromatic carbocycles. The second-order valence-electron chi connectivity index (χ2n) is 7.05. The predicted molar refractivity (Wildman–Crippen MR) is 106 cm³/mol. The minimum Gasteiger partial charge on any atom is -0.548 e. The Morgan fingerprint density at radius 1 is 1.23 bits per heavy atom. The van der Waals surface area contributed by atoms with E-state index in [4.69, 9.17) is 12.6 Å². The quantitative estimate of drug-likeness (QED) is 0.235. The number of hydrogen-bond acceptors (Lipinski definition) is 6. The number of hydrogen-bond donors (Lipinski definition) is 3. The fourth-order valence-corrected chi connectivity index (χ4v) is 3.46.